The van der Waals surface area contributed by atoms with E-state index in [4.69, 9.17) is 22.1 Å². The van der Waals surface area contributed by atoms with E-state index in [1.165, 1.54) is 20.4 Å². The fourth-order valence-electron chi connectivity index (χ4n) is 1.65. The molecule has 1 heterocycles. The van der Waals surface area contributed by atoms with Crippen LogP contribution in [-0.4, -0.2) is 30.0 Å². The zero-order chi connectivity index (χ0) is 14.7. The molecule has 0 bridgehead atoms. The number of hydrogen-bond acceptors (Lipinski definition) is 5. The molecule has 0 aliphatic heterocycles. The number of halogens is 1. The maximum Gasteiger partial charge on any atom is 0.256 e. The van der Waals surface area contributed by atoms with Crippen molar-refractivity contribution in [3.63, 3.8) is 0 Å². The number of carbonyl (C=O) groups excluding carboxylic acids is 1. The number of carbonyl (C=O) groups is 1. The minimum Gasteiger partial charge on any atom is -0.495 e. The molecule has 3 N–H and O–H groups in total. The number of nitrogen functional groups attached to an aromatic ring is 1. The lowest BCUT2D eigenvalue weighted by Gasteiger charge is -2.07. The number of anilines is 1. The van der Waals surface area contributed by atoms with Gasteiger partial charge in [-0.25, -0.2) is 9.97 Å². The van der Waals surface area contributed by atoms with Gasteiger partial charge < -0.3 is 15.8 Å². The van der Waals surface area contributed by atoms with Crippen LogP contribution in [-0.2, 0) is 0 Å². The van der Waals surface area contributed by atoms with Gasteiger partial charge in [0.05, 0.1) is 17.7 Å². The Morgan fingerprint density at radius 1 is 1.45 bits per heavy atom. The maximum atomic E-state index is 11.5. The van der Waals surface area contributed by atoms with Crippen LogP contribution in [0.4, 0.5) is 5.82 Å². The van der Waals surface area contributed by atoms with Gasteiger partial charge in [0.15, 0.2) is 5.82 Å². The Morgan fingerprint density at radius 3 is 2.75 bits per heavy atom. The number of rotatable bonds is 3. The first-order chi connectivity index (χ1) is 9.56. The summed E-state index contributed by atoms with van der Waals surface area (Å²) in [5.41, 5.74) is 6.68. The van der Waals surface area contributed by atoms with E-state index in [0.29, 0.717) is 22.2 Å². The minimum absolute atomic E-state index is 0.112. The van der Waals surface area contributed by atoms with E-state index in [0.717, 1.165) is 0 Å². The van der Waals surface area contributed by atoms with E-state index in [1.54, 1.807) is 18.2 Å². The number of nitrogens with two attached hydrogens (primary N) is 1. The Kier molecular flexibility index (Phi) is 4.05. The molecule has 6 nitrogen and oxygen atoms in total. The molecule has 0 unspecified atom stereocenters. The predicted octanol–water partition coefficient (Wildman–Crippen LogP) is 1.75. The van der Waals surface area contributed by atoms with Crippen LogP contribution in [0.15, 0.2) is 24.4 Å². The van der Waals surface area contributed by atoms with Gasteiger partial charge in [0, 0.05) is 18.8 Å². The van der Waals surface area contributed by atoms with E-state index in [9.17, 15) is 4.79 Å². The second-order valence-electron chi connectivity index (χ2n) is 3.92. The summed E-state index contributed by atoms with van der Waals surface area (Å²) in [5.74, 6) is 0.730. The number of ether oxygens (including phenoxy) is 1. The van der Waals surface area contributed by atoms with Crippen LogP contribution in [0.2, 0.25) is 5.02 Å². The molecule has 0 atom stereocenters. The molecule has 20 heavy (non-hydrogen) atoms. The van der Waals surface area contributed by atoms with Crippen LogP contribution in [0, 0.1) is 0 Å². The number of nitrogens with zero attached hydrogens (tertiary/aromatic N) is 2. The molecular formula is C13H13ClN4O2. The van der Waals surface area contributed by atoms with Crippen molar-refractivity contribution in [2.45, 2.75) is 0 Å². The number of hydrogen-bond donors (Lipinski definition) is 2. The van der Waals surface area contributed by atoms with Crippen molar-refractivity contribution in [2.24, 2.45) is 0 Å². The summed E-state index contributed by atoms with van der Waals surface area (Å²) in [4.78, 5) is 19.8. The first-order valence-electron chi connectivity index (χ1n) is 5.75. The van der Waals surface area contributed by atoms with Crippen molar-refractivity contribution in [3.05, 3.63) is 35.0 Å². The summed E-state index contributed by atoms with van der Waals surface area (Å²) in [5, 5.41) is 2.92. The smallest absolute Gasteiger partial charge is 0.256 e. The summed E-state index contributed by atoms with van der Waals surface area (Å²) >= 11 is 6.05. The minimum atomic E-state index is -0.332. The largest absolute Gasteiger partial charge is 0.495 e. The molecule has 0 saturated heterocycles. The Labute approximate surface area is 120 Å². The van der Waals surface area contributed by atoms with Gasteiger partial charge in [-0.05, 0) is 18.2 Å². The third kappa shape index (κ3) is 2.65. The Morgan fingerprint density at radius 2 is 2.20 bits per heavy atom. The van der Waals surface area contributed by atoms with Gasteiger partial charge in [-0.3, -0.25) is 4.79 Å². The van der Waals surface area contributed by atoms with Crippen LogP contribution in [0.25, 0.3) is 11.4 Å². The first kappa shape index (κ1) is 14.1. The lowest BCUT2D eigenvalue weighted by molar-refractivity contribution is 0.0963. The second kappa shape index (κ2) is 5.75. The standard InChI is InChI=1S/C13H13ClN4O2/c1-16-13(19)8-6-17-12(18-11(8)15)7-3-4-10(20-2)9(14)5-7/h3-6H,1-2H3,(H,16,19)(H2,15,17,18). The lowest BCUT2D eigenvalue weighted by atomic mass is 10.2. The molecule has 104 valence electrons. The normalized spacial score (nSPS) is 10.2. The van der Waals surface area contributed by atoms with Crippen molar-refractivity contribution < 1.29 is 9.53 Å². The molecule has 0 radical (unpaired) electrons. The molecule has 0 fully saturated rings. The zero-order valence-corrected chi connectivity index (χ0v) is 11.7. The third-order valence-electron chi connectivity index (χ3n) is 2.70. The number of aromatic nitrogens is 2. The molecule has 1 aromatic heterocycles. The van der Waals surface area contributed by atoms with Gasteiger partial charge in [-0.1, -0.05) is 11.6 Å². The van der Waals surface area contributed by atoms with Crippen molar-refractivity contribution in [3.8, 4) is 17.1 Å². The number of nitrogens with one attached hydrogen (secondary N) is 1. The van der Waals surface area contributed by atoms with Crippen molar-refractivity contribution in [1.82, 2.24) is 15.3 Å². The SMILES string of the molecule is CNC(=O)c1cnc(-c2ccc(OC)c(Cl)c2)nc1N. The quantitative estimate of drug-likeness (QED) is 0.899. The van der Waals surface area contributed by atoms with E-state index >= 15 is 0 Å². The Bertz CT molecular complexity index is 661. The molecule has 1 aromatic carbocycles. The summed E-state index contributed by atoms with van der Waals surface area (Å²) < 4.78 is 5.07. The summed E-state index contributed by atoms with van der Waals surface area (Å²) in [7, 11) is 3.05. The van der Waals surface area contributed by atoms with Crippen molar-refractivity contribution >= 4 is 23.3 Å². The molecule has 0 saturated carbocycles. The molecule has 2 aromatic rings. The first-order valence-corrected chi connectivity index (χ1v) is 6.13. The average Bonchev–Trinajstić information content (AvgIpc) is 2.46. The Hall–Kier alpha value is -2.34. The second-order valence-corrected chi connectivity index (χ2v) is 4.33. The molecule has 1 amide bonds. The molecule has 2 rings (SSSR count). The number of amides is 1. The fourth-order valence-corrected chi connectivity index (χ4v) is 1.91. The topological polar surface area (TPSA) is 90.1 Å². The van der Waals surface area contributed by atoms with Gasteiger partial charge in [0.1, 0.15) is 11.6 Å². The summed E-state index contributed by atoms with van der Waals surface area (Å²) in [6.45, 7) is 0. The lowest BCUT2D eigenvalue weighted by Crippen LogP contribution is -2.20. The fraction of sp³-hybridized carbons (Fsp3) is 0.154. The van der Waals surface area contributed by atoms with E-state index in [1.807, 2.05) is 0 Å². The van der Waals surface area contributed by atoms with Gasteiger partial charge in [-0.2, -0.15) is 0 Å². The van der Waals surface area contributed by atoms with E-state index in [2.05, 4.69) is 15.3 Å². The molecule has 0 aliphatic carbocycles. The number of methoxy groups -OCH3 is 1. The highest BCUT2D eigenvalue weighted by Gasteiger charge is 2.12. The highest BCUT2D eigenvalue weighted by Crippen LogP contribution is 2.29. The van der Waals surface area contributed by atoms with Gasteiger partial charge in [0.25, 0.3) is 5.91 Å². The Balaban J connectivity index is 2.41. The maximum absolute atomic E-state index is 11.5. The van der Waals surface area contributed by atoms with Gasteiger partial charge >= 0.3 is 0 Å². The highest BCUT2D eigenvalue weighted by atomic mass is 35.5. The monoisotopic (exact) mass is 292 g/mol. The predicted molar refractivity (Wildman–Crippen MR) is 76.8 cm³/mol. The highest BCUT2D eigenvalue weighted by molar-refractivity contribution is 6.32. The van der Waals surface area contributed by atoms with Crippen LogP contribution >= 0.6 is 11.6 Å². The molecule has 7 heteroatoms. The van der Waals surface area contributed by atoms with Gasteiger partial charge in [-0.15, -0.1) is 0 Å². The van der Waals surface area contributed by atoms with Crippen LogP contribution < -0.4 is 15.8 Å². The van der Waals surface area contributed by atoms with E-state index < -0.39 is 0 Å². The van der Waals surface area contributed by atoms with E-state index in [-0.39, 0.29) is 17.3 Å². The average molecular weight is 293 g/mol. The molecule has 0 spiro atoms. The van der Waals surface area contributed by atoms with Crippen LogP contribution in [0.1, 0.15) is 10.4 Å². The van der Waals surface area contributed by atoms with Crippen LogP contribution in [0.5, 0.6) is 5.75 Å². The molecular weight excluding hydrogens is 280 g/mol. The third-order valence-corrected chi connectivity index (χ3v) is 3.00. The van der Waals surface area contributed by atoms with Crippen molar-refractivity contribution in [1.29, 1.82) is 0 Å². The summed E-state index contributed by atoms with van der Waals surface area (Å²) in [6.07, 6.45) is 1.38. The summed E-state index contributed by atoms with van der Waals surface area (Å²) in [6, 6.07) is 5.15. The number of benzene rings is 1. The van der Waals surface area contributed by atoms with Crippen LogP contribution in [0.3, 0.4) is 0 Å². The molecule has 0 aliphatic rings. The van der Waals surface area contributed by atoms with Crippen molar-refractivity contribution in [2.75, 3.05) is 19.9 Å². The van der Waals surface area contributed by atoms with Gasteiger partial charge in [0.2, 0.25) is 0 Å². The zero-order valence-electron chi connectivity index (χ0n) is 11.0.